The minimum Gasteiger partial charge on any atom is -0.304 e. The molecule has 0 aliphatic carbocycles. The van der Waals surface area contributed by atoms with Crippen LogP contribution in [0.3, 0.4) is 0 Å². The lowest BCUT2D eigenvalue weighted by atomic mass is 9.93. The Balaban J connectivity index is 1.86. The van der Waals surface area contributed by atoms with Crippen LogP contribution < -0.4 is 10.8 Å². The SMILES string of the molecule is CCC(c1ccccc1)C1NOC(CCN(CC)CC)N1. The van der Waals surface area contributed by atoms with E-state index in [0.717, 1.165) is 32.5 Å². The van der Waals surface area contributed by atoms with Crippen LogP contribution in [0.25, 0.3) is 0 Å². The van der Waals surface area contributed by atoms with Crippen molar-refractivity contribution in [1.82, 2.24) is 15.7 Å². The Labute approximate surface area is 128 Å². The second-order valence-electron chi connectivity index (χ2n) is 5.61. The van der Waals surface area contributed by atoms with E-state index >= 15 is 0 Å². The van der Waals surface area contributed by atoms with Crippen LogP contribution in [0.5, 0.6) is 0 Å². The number of hydroxylamine groups is 1. The summed E-state index contributed by atoms with van der Waals surface area (Å²) in [6, 6.07) is 10.7. The van der Waals surface area contributed by atoms with Crippen molar-refractivity contribution in [3.05, 3.63) is 35.9 Å². The number of hydrogen-bond acceptors (Lipinski definition) is 4. The first kappa shape index (κ1) is 16.4. The standard InChI is InChI=1S/C17H29N3O/c1-4-15(14-10-8-7-9-11-14)17-18-16(21-19-17)12-13-20(5-2)6-3/h7-11,15-19H,4-6,12-13H2,1-3H3. The van der Waals surface area contributed by atoms with Gasteiger partial charge in [-0.1, -0.05) is 51.1 Å². The zero-order valence-corrected chi connectivity index (χ0v) is 13.5. The Morgan fingerprint density at radius 2 is 1.86 bits per heavy atom. The van der Waals surface area contributed by atoms with E-state index in [1.807, 2.05) is 0 Å². The van der Waals surface area contributed by atoms with Crippen molar-refractivity contribution < 1.29 is 4.84 Å². The van der Waals surface area contributed by atoms with Gasteiger partial charge in [-0.25, -0.2) is 0 Å². The molecule has 1 aliphatic heterocycles. The van der Waals surface area contributed by atoms with E-state index in [2.05, 4.69) is 66.8 Å². The fourth-order valence-electron chi connectivity index (χ4n) is 2.97. The van der Waals surface area contributed by atoms with E-state index < -0.39 is 0 Å². The van der Waals surface area contributed by atoms with E-state index in [9.17, 15) is 0 Å². The molecule has 21 heavy (non-hydrogen) atoms. The van der Waals surface area contributed by atoms with Gasteiger partial charge < -0.3 is 4.90 Å². The van der Waals surface area contributed by atoms with Gasteiger partial charge in [0.2, 0.25) is 0 Å². The molecule has 0 aromatic heterocycles. The average Bonchev–Trinajstić information content (AvgIpc) is 2.99. The lowest BCUT2D eigenvalue weighted by molar-refractivity contribution is 0.0118. The van der Waals surface area contributed by atoms with Gasteiger partial charge in [0.1, 0.15) is 6.23 Å². The molecule has 1 aliphatic rings. The number of benzene rings is 1. The number of hydrogen-bond donors (Lipinski definition) is 2. The van der Waals surface area contributed by atoms with Crippen LogP contribution in [-0.2, 0) is 4.84 Å². The molecule has 0 spiro atoms. The van der Waals surface area contributed by atoms with E-state index in [0.29, 0.717) is 5.92 Å². The minimum atomic E-state index is 0.105. The van der Waals surface area contributed by atoms with Crippen LogP contribution in [0.15, 0.2) is 30.3 Å². The van der Waals surface area contributed by atoms with Crippen molar-refractivity contribution in [2.75, 3.05) is 19.6 Å². The summed E-state index contributed by atoms with van der Waals surface area (Å²) >= 11 is 0. The lowest BCUT2D eigenvalue weighted by Crippen LogP contribution is -2.39. The highest BCUT2D eigenvalue weighted by Gasteiger charge is 2.30. The molecule has 0 bridgehead atoms. The first-order valence-corrected chi connectivity index (χ1v) is 8.23. The van der Waals surface area contributed by atoms with Crippen LogP contribution in [0.4, 0.5) is 0 Å². The van der Waals surface area contributed by atoms with Crippen LogP contribution in [0.2, 0.25) is 0 Å². The molecule has 1 heterocycles. The lowest BCUT2D eigenvalue weighted by Gasteiger charge is -2.22. The summed E-state index contributed by atoms with van der Waals surface area (Å²) in [5.41, 5.74) is 4.55. The summed E-state index contributed by atoms with van der Waals surface area (Å²) in [5.74, 6) is 0.435. The topological polar surface area (TPSA) is 36.5 Å². The summed E-state index contributed by atoms with van der Waals surface area (Å²) in [6.45, 7) is 9.90. The maximum Gasteiger partial charge on any atom is 0.132 e. The highest BCUT2D eigenvalue weighted by Crippen LogP contribution is 2.24. The molecular formula is C17H29N3O. The second-order valence-corrected chi connectivity index (χ2v) is 5.61. The fourth-order valence-corrected chi connectivity index (χ4v) is 2.97. The first-order chi connectivity index (χ1) is 10.3. The average molecular weight is 291 g/mol. The molecular weight excluding hydrogens is 262 g/mol. The molecule has 0 amide bonds. The Morgan fingerprint density at radius 3 is 2.48 bits per heavy atom. The zero-order valence-electron chi connectivity index (χ0n) is 13.5. The van der Waals surface area contributed by atoms with E-state index in [-0.39, 0.29) is 12.4 Å². The van der Waals surface area contributed by atoms with Crippen molar-refractivity contribution in [1.29, 1.82) is 0 Å². The molecule has 1 fully saturated rings. The molecule has 1 aromatic rings. The van der Waals surface area contributed by atoms with Gasteiger partial charge in [-0.05, 0) is 25.1 Å². The maximum absolute atomic E-state index is 5.72. The van der Waals surface area contributed by atoms with Gasteiger partial charge in [-0.15, -0.1) is 0 Å². The van der Waals surface area contributed by atoms with E-state index in [1.165, 1.54) is 5.56 Å². The number of nitrogens with zero attached hydrogens (tertiary/aromatic N) is 1. The van der Waals surface area contributed by atoms with Gasteiger partial charge in [-0.2, -0.15) is 5.48 Å². The molecule has 4 nitrogen and oxygen atoms in total. The van der Waals surface area contributed by atoms with Crippen LogP contribution >= 0.6 is 0 Å². The molecule has 118 valence electrons. The van der Waals surface area contributed by atoms with Crippen molar-refractivity contribution in [3.63, 3.8) is 0 Å². The molecule has 1 aromatic carbocycles. The number of rotatable bonds is 8. The summed E-state index contributed by atoms with van der Waals surface area (Å²) in [5, 5.41) is 3.58. The van der Waals surface area contributed by atoms with Gasteiger partial charge in [0.15, 0.2) is 0 Å². The van der Waals surface area contributed by atoms with Crippen molar-refractivity contribution in [3.8, 4) is 0 Å². The molecule has 0 saturated carbocycles. The normalized spacial score (nSPS) is 23.6. The van der Waals surface area contributed by atoms with Gasteiger partial charge >= 0.3 is 0 Å². The zero-order chi connectivity index (χ0) is 15.1. The third kappa shape index (κ3) is 4.51. The summed E-state index contributed by atoms with van der Waals surface area (Å²) in [4.78, 5) is 8.14. The highest BCUT2D eigenvalue weighted by atomic mass is 16.7. The quantitative estimate of drug-likeness (QED) is 0.772. The molecule has 2 N–H and O–H groups in total. The molecule has 3 atom stereocenters. The smallest absolute Gasteiger partial charge is 0.132 e. The Morgan fingerprint density at radius 1 is 1.14 bits per heavy atom. The van der Waals surface area contributed by atoms with Gasteiger partial charge in [0.05, 0.1) is 6.17 Å². The first-order valence-electron chi connectivity index (χ1n) is 8.23. The summed E-state index contributed by atoms with van der Waals surface area (Å²) in [7, 11) is 0. The van der Waals surface area contributed by atoms with E-state index in [4.69, 9.17) is 4.84 Å². The highest BCUT2D eigenvalue weighted by molar-refractivity contribution is 5.21. The third-order valence-corrected chi connectivity index (χ3v) is 4.37. The minimum absolute atomic E-state index is 0.105. The fraction of sp³-hybridized carbons (Fsp3) is 0.647. The number of nitrogens with one attached hydrogen (secondary N) is 2. The van der Waals surface area contributed by atoms with Crippen LogP contribution in [0, 0.1) is 0 Å². The molecule has 3 unspecified atom stereocenters. The third-order valence-electron chi connectivity index (χ3n) is 4.37. The van der Waals surface area contributed by atoms with Crippen molar-refractivity contribution in [2.45, 2.75) is 51.9 Å². The molecule has 2 rings (SSSR count). The molecule has 4 heteroatoms. The Hall–Kier alpha value is -0.940. The summed E-state index contributed by atoms with van der Waals surface area (Å²) < 4.78 is 0. The van der Waals surface area contributed by atoms with Gasteiger partial charge in [-0.3, -0.25) is 10.2 Å². The van der Waals surface area contributed by atoms with Gasteiger partial charge in [0.25, 0.3) is 0 Å². The second kappa shape index (κ2) is 8.49. The monoisotopic (exact) mass is 291 g/mol. The predicted octanol–water partition coefficient (Wildman–Crippen LogP) is 2.69. The van der Waals surface area contributed by atoms with Crippen molar-refractivity contribution in [2.24, 2.45) is 0 Å². The maximum atomic E-state index is 5.72. The van der Waals surface area contributed by atoms with Crippen LogP contribution in [0.1, 0.15) is 45.1 Å². The summed E-state index contributed by atoms with van der Waals surface area (Å²) in [6.07, 6.45) is 2.39. The van der Waals surface area contributed by atoms with Crippen molar-refractivity contribution >= 4 is 0 Å². The van der Waals surface area contributed by atoms with Gasteiger partial charge in [0, 0.05) is 18.9 Å². The predicted molar refractivity (Wildman–Crippen MR) is 86.8 cm³/mol. The largest absolute Gasteiger partial charge is 0.304 e. The molecule has 1 saturated heterocycles. The van der Waals surface area contributed by atoms with Crippen LogP contribution in [-0.4, -0.2) is 36.9 Å². The molecule has 0 radical (unpaired) electrons. The Kier molecular flexibility index (Phi) is 6.64. The van der Waals surface area contributed by atoms with E-state index in [1.54, 1.807) is 0 Å². The Bertz CT molecular complexity index is 394.